The molecule has 0 saturated carbocycles. The summed E-state index contributed by atoms with van der Waals surface area (Å²) in [4.78, 5) is 14.2. The monoisotopic (exact) mass is 337 g/mol. The zero-order valence-corrected chi connectivity index (χ0v) is 15.5. The number of unbranched alkanes of at least 4 members (excludes halogenated alkanes) is 9. The lowest BCUT2D eigenvalue weighted by molar-refractivity contribution is -0.119. The van der Waals surface area contributed by atoms with Crippen molar-refractivity contribution in [3.63, 3.8) is 0 Å². The van der Waals surface area contributed by atoms with Gasteiger partial charge in [0.1, 0.15) is 0 Å². The highest BCUT2D eigenvalue weighted by atomic mass is 16.3. The Hall–Kier alpha value is -1.29. The molecule has 24 heavy (non-hydrogen) atoms. The minimum Gasteiger partial charge on any atom is -0.515 e. The van der Waals surface area contributed by atoms with Gasteiger partial charge < -0.3 is 15.1 Å². The summed E-state index contributed by atoms with van der Waals surface area (Å²) in [5.41, 5.74) is 0.747. The number of carbonyl (C=O) groups is 1. The van der Waals surface area contributed by atoms with Gasteiger partial charge in [0, 0.05) is 18.3 Å². The molecule has 1 aliphatic heterocycles. The Balaban J connectivity index is 2.21. The number of aliphatic hydroxyl groups is 2. The van der Waals surface area contributed by atoms with Gasteiger partial charge in [-0.1, -0.05) is 64.7 Å². The molecule has 1 aliphatic rings. The molecule has 0 spiro atoms. The summed E-state index contributed by atoms with van der Waals surface area (Å²) < 4.78 is 0. The van der Waals surface area contributed by atoms with Gasteiger partial charge in [-0.2, -0.15) is 0 Å². The summed E-state index contributed by atoms with van der Waals surface area (Å²) in [6.07, 6.45) is 15.5. The van der Waals surface area contributed by atoms with Crippen molar-refractivity contribution in [1.82, 2.24) is 4.90 Å². The van der Waals surface area contributed by atoms with Gasteiger partial charge >= 0.3 is 0 Å². The fourth-order valence-electron chi connectivity index (χ4n) is 3.23. The lowest BCUT2D eigenvalue weighted by Gasteiger charge is -2.32. The van der Waals surface area contributed by atoms with Gasteiger partial charge in [0.25, 0.3) is 0 Å². The Morgan fingerprint density at radius 3 is 2.08 bits per heavy atom. The van der Waals surface area contributed by atoms with Crippen molar-refractivity contribution in [3.05, 3.63) is 23.6 Å². The maximum atomic E-state index is 12.2. The first-order valence-electron chi connectivity index (χ1n) is 9.62. The molecule has 0 radical (unpaired) electrons. The summed E-state index contributed by atoms with van der Waals surface area (Å²) in [6.45, 7) is 4.70. The summed E-state index contributed by atoms with van der Waals surface area (Å²) >= 11 is 0. The van der Waals surface area contributed by atoms with Crippen LogP contribution in [0.2, 0.25) is 0 Å². The SMILES string of the molecule is CCCCCCCCCCCCN1C=C(CO)C(=CO)C(=O)C1C. The summed E-state index contributed by atoms with van der Waals surface area (Å²) in [5, 5.41) is 18.5. The van der Waals surface area contributed by atoms with Gasteiger partial charge in [-0.15, -0.1) is 0 Å². The van der Waals surface area contributed by atoms with Crippen molar-refractivity contribution in [2.75, 3.05) is 13.2 Å². The molecular formula is C20H35NO3. The molecular weight excluding hydrogens is 302 g/mol. The van der Waals surface area contributed by atoms with E-state index >= 15 is 0 Å². The van der Waals surface area contributed by atoms with Crippen molar-refractivity contribution in [3.8, 4) is 0 Å². The largest absolute Gasteiger partial charge is 0.515 e. The van der Waals surface area contributed by atoms with E-state index in [0.717, 1.165) is 19.2 Å². The zero-order valence-electron chi connectivity index (χ0n) is 15.5. The molecule has 2 N–H and O–H groups in total. The fraction of sp³-hybridized carbons (Fsp3) is 0.750. The standard InChI is InChI=1S/C20H35NO3/c1-3-4-5-6-7-8-9-10-11-12-13-21-14-18(15-22)19(16-23)20(24)17(21)2/h14,16-17,22-23H,3-13,15H2,1-2H3. The van der Waals surface area contributed by atoms with Gasteiger partial charge in [0.15, 0.2) is 5.78 Å². The quantitative estimate of drug-likeness (QED) is 0.313. The van der Waals surface area contributed by atoms with Crippen LogP contribution < -0.4 is 0 Å². The smallest absolute Gasteiger partial charge is 0.188 e. The maximum absolute atomic E-state index is 12.2. The van der Waals surface area contributed by atoms with Crippen LogP contribution in [0.5, 0.6) is 0 Å². The third-order valence-corrected chi connectivity index (χ3v) is 4.88. The van der Waals surface area contributed by atoms with Crippen molar-refractivity contribution in [2.24, 2.45) is 0 Å². The molecule has 0 aromatic carbocycles. The zero-order chi connectivity index (χ0) is 17.8. The van der Waals surface area contributed by atoms with E-state index in [4.69, 9.17) is 0 Å². The molecule has 4 heteroatoms. The average molecular weight is 338 g/mol. The van der Waals surface area contributed by atoms with Crippen LogP contribution >= 0.6 is 0 Å². The highest BCUT2D eigenvalue weighted by Crippen LogP contribution is 2.23. The van der Waals surface area contributed by atoms with Gasteiger partial charge in [0.05, 0.1) is 24.5 Å². The summed E-state index contributed by atoms with van der Waals surface area (Å²) in [5.74, 6) is -0.115. The second-order valence-electron chi connectivity index (χ2n) is 6.82. The maximum Gasteiger partial charge on any atom is 0.188 e. The molecule has 0 aromatic heterocycles. The number of nitrogens with zero attached hydrogens (tertiary/aromatic N) is 1. The fourth-order valence-corrected chi connectivity index (χ4v) is 3.23. The van der Waals surface area contributed by atoms with Crippen LogP contribution in [-0.2, 0) is 4.79 Å². The third-order valence-electron chi connectivity index (χ3n) is 4.88. The van der Waals surface area contributed by atoms with Crippen LogP contribution in [0.3, 0.4) is 0 Å². The lowest BCUT2D eigenvalue weighted by atomic mass is 9.94. The first kappa shape index (κ1) is 20.8. The first-order chi connectivity index (χ1) is 11.7. The number of Topliss-reactive ketones (excluding diaryl/α,β-unsaturated/α-hetero) is 1. The number of hydrogen-bond donors (Lipinski definition) is 2. The Morgan fingerprint density at radius 1 is 1.04 bits per heavy atom. The molecule has 0 amide bonds. The highest BCUT2D eigenvalue weighted by Gasteiger charge is 2.29. The topological polar surface area (TPSA) is 60.8 Å². The second-order valence-corrected chi connectivity index (χ2v) is 6.82. The number of ketones is 1. The normalized spacial score (nSPS) is 19.9. The first-order valence-corrected chi connectivity index (χ1v) is 9.62. The van der Waals surface area contributed by atoms with E-state index in [-0.39, 0.29) is 24.0 Å². The van der Waals surface area contributed by atoms with Gasteiger partial charge in [-0.25, -0.2) is 0 Å². The highest BCUT2D eigenvalue weighted by molar-refractivity contribution is 6.03. The lowest BCUT2D eigenvalue weighted by Crippen LogP contribution is -2.41. The Kier molecular flexibility index (Phi) is 10.5. The number of carbonyl (C=O) groups excluding carboxylic acids is 1. The molecule has 138 valence electrons. The molecule has 0 aromatic rings. The van der Waals surface area contributed by atoms with E-state index in [2.05, 4.69) is 6.92 Å². The summed E-state index contributed by atoms with van der Waals surface area (Å²) in [7, 11) is 0. The van der Waals surface area contributed by atoms with Crippen molar-refractivity contribution in [1.29, 1.82) is 0 Å². The van der Waals surface area contributed by atoms with Gasteiger partial charge in [0.2, 0.25) is 0 Å². The Labute approximate surface area is 147 Å². The molecule has 0 saturated heterocycles. The van der Waals surface area contributed by atoms with E-state index in [1.54, 1.807) is 0 Å². The molecule has 0 fully saturated rings. The van der Waals surface area contributed by atoms with Crippen LogP contribution in [0.15, 0.2) is 23.6 Å². The van der Waals surface area contributed by atoms with Crippen LogP contribution in [-0.4, -0.2) is 40.1 Å². The van der Waals surface area contributed by atoms with E-state index in [1.165, 1.54) is 57.8 Å². The predicted molar refractivity (Wildman–Crippen MR) is 98.9 cm³/mol. The minimum absolute atomic E-state index is 0.115. The Bertz CT molecular complexity index is 429. The number of aliphatic hydroxyl groups excluding tert-OH is 2. The molecule has 0 aliphatic carbocycles. The van der Waals surface area contributed by atoms with Crippen LogP contribution in [0.4, 0.5) is 0 Å². The second kappa shape index (κ2) is 12.1. The van der Waals surface area contributed by atoms with Gasteiger partial charge in [-0.05, 0) is 13.3 Å². The van der Waals surface area contributed by atoms with E-state index in [9.17, 15) is 15.0 Å². The molecule has 1 rings (SSSR count). The van der Waals surface area contributed by atoms with Crippen LogP contribution in [0.1, 0.15) is 78.1 Å². The molecule has 0 bridgehead atoms. The van der Waals surface area contributed by atoms with E-state index < -0.39 is 0 Å². The van der Waals surface area contributed by atoms with Crippen molar-refractivity contribution >= 4 is 5.78 Å². The summed E-state index contributed by atoms with van der Waals surface area (Å²) in [6, 6.07) is -0.266. The van der Waals surface area contributed by atoms with Crippen LogP contribution in [0.25, 0.3) is 0 Å². The van der Waals surface area contributed by atoms with E-state index in [1.807, 2.05) is 18.0 Å². The van der Waals surface area contributed by atoms with Crippen LogP contribution in [0, 0.1) is 0 Å². The molecule has 1 unspecified atom stereocenters. The average Bonchev–Trinajstić information content (AvgIpc) is 2.59. The molecule has 1 atom stereocenters. The third kappa shape index (κ3) is 6.68. The minimum atomic E-state index is -0.266. The molecule has 4 nitrogen and oxygen atoms in total. The number of rotatable bonds is 12. The van der Waals surface area contributed by atoms with E-state index in [0.29, 0.717) is 5.57 Å². The predicted octanol–water partition coefficient (Wildman–Crippen LogP) is 4.50. The number of hydrogen-bond acceptors (Lipinski definition) is 4. The van der Waals surface area contributed by atoms with Gasteiger partial charge in [-0.3, -0.25) is 4.79 Å². The molecule has 1 heterocycles. The van der Waals surface area contributed by atoms with Crippen molar-refractivity contribution < 1.29 is 15.0 Å². The van der Waals surface area contributed by atoms with Crippen molar-refractivity contribution in [2.45, 2.75) is 84.1 Å². The Morgan fingerprint density at radius 2 is 1.58 bits per heavy atom.